The van der Waals surface area contributed by atoms with Crippen molar-refractivity contribution in [3.05, 3.63) is 41.2 Å². The quantitative estimate of drug-likeness (QED) is 0.829. The van der Waals surface area contributed by atoms with Gasteiger partial charge in [-0.05, 0) is 42.5 Å². The molecule has 0 amide bonds. The van der Waals surface area contributed by atoms with Crippen molar-refractivity contribution in [1.82, 2.24) is 9.97 Å². The lowest BCUT2D eigenvalue weighted by atomic mass is 9.99. The summed E-state index contributed by atoms with van der Waals surface area (Å²) < 4.78 is 5.33. The van der Waals surface area contributed by atoms with E-state index in [4.69, 9.17) is 4.74 Å². The number of methoxy groups -OCH3 is 1. The predicted octanol–water partition coefficient (Wildman–Crippen LogP) is 2.79. The van der Waals surface area contributed by atoms with Crippen LogP contribution in [-0.2, 0) is 13.0 Å². The van der Waals surface area contributed by atoms with Crippen molar-refractivity contribution in [2.75, 3.05) is 30.5 Å². The van der Waals surface area contributed by atoms with Gasteiger partial charge in [-0.2, -0.15) is 0 Å². The molecule has 26 heavy (non-hydrogen) atoms. The van der Waals surface area contributed by atoms with Crippen molar-refractivity contribution in [3.8, 4) is 5.75 Å². The molecule has 0 aliphatic carbocycles. The van der Waals surface area contributed by atoms with Gasteiger partial charge in [-0.25, -0.2) is 9.97 Å². The number of aryl methyl sites for hydroxylation is 1. The van der Waals surface area contributed by atoms with Gasteiger partial charge in [0.15, 0.2) is 0 Å². The van der Waals surface area contributed by atoms with Gasteiger partial charge in [-0.15, -0.1) is 0 Å². The van der Waals surface area contributed by atoms with Crippen LogP contribution in [0.2, 0.25) is 0 Å². The Kier molecular flexibility index (Phi) is 5.61. The standard InChI is InChI=1S/C20H28N4O2/c1-13(2)18(12-25)23-19-10-20(22-14(3)21-19)24-8-7-15-9-17(26-4)6-5-16(15)11-24/h5-6,9-10,13,18,25H,7-8,11-12H2,1-4H3,(H,21,22,23)/t18-/m0/s1. The van der Waals surface area contributed by atoms with Crippen LogP contribution in [0.25, 0.3) is 0 Å². The summed E-state index contributed by atoms with van der Waals surface area (Å²) in [5.74, 6) is 3.63. The molecule has 0 unspecified atom stereocenters. The van der Waals surface area contributed by atoms with E-state index in [1.165, 1.54) is 11.1 Å². The molecule has 140 valence electrons. The van der Waals surface area contributed by atoms with Crippen LogP contribution in [-0.4, -0.2) is 41.4 Å². The summed E-state index contributed by atoms with van der Waals surface area (Å²) in [6, 6.07) is 8.22. The third-order valence-corrected chi connectivity index (χ3v) is 4.91. The van der Waals surface area contributed by atoms with Gasteiger partial charge in [-0.3, -0.25) is 0 Å². The van der Waals surface area contributed by atoms with Crippen LogP contribution in [0.5, 0.6) is 5.75 Å². The second-order valence-corrected chi connectivity index (χ2v) is 7.14. The van der Waals surface area contributed by atoms with Gasteiger partial charge >= 0.3 is 0 Å². The summed E-state index contributed by atoms with van der Waals surface area (Å²) in [7, 11) is 1.70. The van der Waals surface area contributed by atoms with Crippen molar-refractivity contribution < 1.29 is 9.84 Å². The second kappa shape index (κ2) is 7.91. The normalized spacial score (nSPS) is 14.9. The predicted molar refractivity (Wildman–Crippen MR) is 104 cm³/mol. The molecule has 0 fully saturated rings. The van der Waals surface area contributed by atoms with E-state index in [2.05, 4.69) is 46.2 Å². The van der Waals surface area contributed by atoms with Gasteiger partial charge in [0.05, 0.1) is 19.8 Å². The number of hydrogen-bond acceptors (Lipinski definition) is 6. The Bertz CT molecular complexity index is 763. The van der Waals surface area contributed by atoms with Crippen LogP contribution in [0.15, 0.2) is 24.3 Å². The summed E-state index contributed by atoms with van der Waals surface area (Å²) in [6.07, 6.45) is 0.962. The minimum absolute atomic E-state index is 0.0216. The summed E-state index contributed by atoms with van der Waals surface area (Å²) >= 11 is 0. The number of fused-ring (bicyclic) bond motifs is 1. The van der Waals surface area contributed by atoms with Crippen molar-refractivity contribution in [3.63, 3.8) is 0 Å². The molecule has 1 aromatic carbocycles. The Morgan fingerprint density at radius 3 is 2.73 bits per heavy atom. The molecular formula is C20H28N4O2. The van der Waals surface area contributed by atoms with Crippen LogP contribution < -0.4 is 15.0 Å². The molecule has 6 heteroatoms. The molecule has 2 heterocycles. The van der Waals surface area contributed by atoms with Gasteiger partial charge in [0.1, 0.15) is 23.2 Å². The molecule has 2 aromatic rings. The minimum atomic E-state index is -0.0216. The van der Waals surface area contributed by atoms with Crippen molar-refractivity contribution in [1.29, 1.82) is 0 Å². The molecule has 0 spiro atoms. The van der Waals surface area contributed by atoms with Gasteiger partial charge in [-0.1, -0.05) is 19.9 Å². The van der Waals surface area contributed by atoms with E-state index in [9.17, 15) is 5.11 Å². The average Bonchev–Trinajstić information content (AvgIpc) is 2.64. The van der Waals surface area contributed by atoms with E-state index < -0.39 is 0 Å². The van der Waals surface area contributed by atoms with Crippen LogP contribution in [0.1, 0.15) is 30.8 Å². The van der Waals surface area contributed by atoms with E-state index >= 15 is 0 Å². The molecule has 1 aliphatic heterocycles. The minimum Gasteiger partial charge on any atom is -0.497 e. The first-order valence-corrected chi connectivity index (χ1v) is 9.14. The summed E-state index contributed by atoms with van der Waals surface area (Å²) in [5.41, 5.74) is 2.64. The number of rotatable bonds is 6. The van der Waals surface area contributed by atoms with Gasteiger partial charge in [0.25, 0.3) is 0 Å². The number of nitrogens with one attached hydrogen (secondary N) is 1. The molecule has 1 aliphatic rings. The van der Waals surface area contributed by atoms with E-state index in [-0.39, 0.29) is 12.6 Å². The van der Waals surface area contributed by atoms with Crippen LogP contribution in [0.4, 0.5) is 11.6 Å². The molecule has 0 radical (unpaired) electrons. The lowest BCUT2D eigenvalue weighted by molar-refractivity contribution is 0.249. The zero-order valence-corrected chi connectivity index (χ0v) is 16.0. The maximum Gasteiger partial charge on any atom is 0.134 e. The Morgan fingerprint density at radius 1 is 1.23 bits per heavy atom. The van der Waals surface area contributed by atoms with E-state index in [1.807, 2.05) is 19.1 Å². The number of anilines is 2. The fraction of sp³-hybridized carbons (Fsp3) is 0.500. The lowest BCUT2D eigenvalue weighted by Crippen LogP contribution is -2.32. The Morgan fingerprint density at radius 2 is 2.04 bits per heavy atom. The van der Waals surface area contributed by atoms with Gasteiger partial charge in [0.2, 0.25) is 0 Å². The van der Waals surface area contributed by atoms with Crippen molar-refractivity contribution in [2.24, 2.45) is 5.92 Å². The van der Waals surface area contributed by atoms with Crippen molar-refractivity contribution in [2.45, 2.75) is 39.8 Å². The molecule has 2 N–H and O–H groups in total. The first-order chi connectivity index (χ1) is 12.5. The number of nitrogens with zero attached hydrogens (tertiary/aromatic N) is 3. The number of ether oxygens (including phenoxy) is 1. The van der Waals surface area contributed by atoms with Crippen LogP contribution >= 0.6 is 0 Å². The highest BCUT2D eigenvalue weighted by Gasteiger charge is 2.20. The summed E-state index contributed by atoms with van der Waals surface area (Å²) in [6.45, 7) is 7.87. The fourth-order valence-electron chi connectivity index (χ4n) is 3.25. The molecule has 0 bridgehead atoms. The summed E-state index contributed by atoms with van der Waals surface area (Å²) in [4.78, 5) is 11.4. The maximum atomic E-state index is 9.57. The molecule has 0 saturated heterocycles. The third-order valence-electron chi connectivity index (χ3n) is 4.91. The molecule has 6 nitrogen and oxygen atoms in total. The number of hydrogen-bond donors (Lipinski definition) is 2. The largest absolute Gasteiger partial charge is 0.497 e. The maximum absolute atomic E-state index is 9.57. The van der Waals surface area contributed by atoms with Crippen molar-refractivity contribution >= 4 is 11.6 Å². The first kappa shape index (κ1) is 18.5. The molecule has 3 rings (SSSR count). The first-order valence-electron chi connectivity index (χ1n) is 9.14. The Balaban J connectivity index is 1.81. The smallest absolute Gasteiger partial charge is 0.134 e. The number of benzene rings is 1. The van der Waals surface area contributed by atoms with Gasteiger partial charge < -0.3 is 20.1 Å². The highest BCUT2D eigenvalue weighted by Crippen LogP contribution is 2.27. The number of aromatic nitrogens is 2. The van der Waals surface area contributed by atoms with Gasteiger partial charge in [0, 0.05) is 19.2 Å². The second-order valence-electron chi connectivity index (χ2n) is 7.14. The Hall–Kier alpha value is -2.34. The lowest BCUT2D eigenvalue weighted by Gasteiger charge is -2.30. The molecule has 1 atom stereocenters. The third kappa shape index (κ3) is 4.07. The number of aliphatic hydroxyl groups is 1. The Labute approximate surface area is 155 Å². The highest BCUT2D eigenvalue weighted by molar-refractivity contribution is 5.52. The van der Waals surface area contributed by atoms with E-state index in [0.29, 0.717) is 5.92 Å². The van der Waals surface area contributed by atoms with E-state index in [0.717, 1.165) is 42.7 Å². The monoisotopic (exact) mass is 356 g/mol. The summed E-state index contributed by atoms with van der Waals surface area (Å²) in [5, 5.41) is 12.9. The fourth-order valence-corrected chi connectivity index (χ4v) is 3.25. The molecule has 0 saturated carbocycles. The number of aliphatic hydroxyl groups excluding tert-OH is 1. The average molecular weight is 356 g/mol. The zero-order valence-electron chi connectivity index (χ0n) is 16.0. The molecule has 1 aromatic heterocycles. The zero-order chi connectivity index (χ0) is 18.7. The van der Waals surface area contributed by atoms with E-state index in [1.54, 1.807) is 7.11 Å². The SMILES string of the molecule is COc1ccc2c(c1)CCN(c1cc(N[C@@H](CO)C(C)C)nc(C)n1)C2. The van der Waals surface area contributed by atoms with Crippen LogP contribution in [0.3, 0.4) is 0 Å². The topological polar surface area (TPSA) is 70.5 Å². The van der Waals surface area contributed by atoms with Crippen LogP contribution in [0, 0.1) is 12.8 Å². The molecular weight excluding hydrogens is 328 g/mol. The highest BCUT2D eigenvalue weighted by atomic mass is 16.5.